The summed E-state index contributed by atoms with van der Waals surface area (Å²) in [7, 11) is 0. The zero-order valence-electron chi connectivity index (χ0n) is 18.4. The first-order chi connectivity index (χ1) is 14.1. The van der Waals surface area contributed by atoms with Gasteiger partial charge >= 0.3 is 5.97 Å². The predicted octanol–water partition coefficient (Wildman–Crippen LogP) is 7.47. The Morgan fingerprint density at radius 1 is 0.966 bits per heavy atom. The number of benzene rings is 1. The molecule has 0 heterocycles. The number of carbonyl (C=O) groups excluding carboxylic acids is 1. The fraction of sp³-hybridized carbons (Fsp3) is 0.720. The smallest absolute Gasteiger partial charge is 0.311 e. The molecule has 0 bridgehead atoms. The lowest BCUT2D eigenvalue weighted by Crippen LogP contribution is -2.17. The molecule has 1 aromatic rings. The molecule has 1 aliphatic rings. The van der Waals surface area contributed by atoms with E-state index in [1.807, 2.05) is 0 Å². The van der Waals surface area contributed by atoms with Crippen molar-refractivity contribution in [3.8, 4) is 11.5 Å². The molecule has 0 saturated heterocycles. The molecule has 1 saturated carbocycles. The SMILES string of the molecule is CCCCCCCOc1ccc(OC(=O)CCC2CCC(CCC)CC2)cc1F. The summed E-state index contributed by atoms with van der Waals surface area (Å²) in [5.41, 5.74) is 0. The van der Waals surface area contributed by atoms with Crippen LogP contribution in [0.25, 0.3) is 0 Å². The summed E-state index contributed by atoms with van der Waals surface area (Å²) >= 11 is 0. The number of esters is 1. The van der Waals surface area contributed by atoms with Gasteiger partial charge in [-0.2, -0.15) is 0 Å². The van der Waals surface area contributed by atoms with Gasteiger partial charge in [-0.1, -0.05) is 78.1 Å². The minimum atomic E-state index is -0.474. The van der Waals surface area contributed by atoms with Crippen LogP contribution in [-0.4, -0.2) is 12.6 Å². The van der Waals surface area contributed by atoms with E-state index in [4.69, 9.17) is 9.47 Å². The summed E-state index contributed by atoms with van der Waals surface area (Å²) in [6.45, 7) is 4.94. The summed E-state index contributed by atoms with van der Waals surface area (Å²) in [5, 5.41) is 0. The fourth-order valence-electron chi connectivity index (χ4n) is 4.27. The van der Waals surface area contributed by atoms with Gasteiger partial charge in [0.1, 0.15) is 5.75 Å². The molecule has 2 rings (SSSR count). The Balaban J connectivity index is 1.66. The molecular formula is C25H39FO3. The maximum Gasteiger partial charge on any atom is 0.311 e. The molecule has 1 aliphatic carbocycles. The number of hydrogen-bond donors (Lipinski definition) is 0. The number of halogens is 1. The third-order valence-corrected chi connectivity index (χ3v) is 6.06. The maximum atomic E-state index is 14.2. The minimum Gasteiger partial charge on any atom is -0.491 e. The van der Waals surface area contributed by atoms with Gasteiger partial charge in [0.25, 0.3) is 0 Å². The van der Waals surface area contributed by atoms with Gasteiger partial charge in [-0.25, -0.2) is 4.39 Å². The first-order valence-corrected chi connectivity index (χ1v) is 11.7. The van der Waals surface area contributed by atoms with E-state index in [-0.39, 0.29) is 17.5 Å². The van der Waals surface area contributed by atoms with Crippen molar-refractivity contribution in [2.24, 2.45) is 11.8 Å². The lowest BCUT2D eigenvalue weighted by atomic mass is 9.78. The highest BCUT2D eigenvalue weighted by atomic mass is 19.1. The van der Waals surface area contributed by atoms with Crippen molar-refractivity contribution in [3.05, 3.63) is 24.0 Å². The summed E-state index contributed by atoms with van der Waals surface area (Å²) in [6, 6.07) is 4.42. The Morgan fingerprint density at radius 3 is 2.31 bits per heavy atom. The molecule has 1 fully saturated rings. The van der Waals surface area contributed by atoms with Gasteiger partial charge in [0, 0.05) is 12.5 Å². The average molecular weight is 407 g/mol. The van der Waals surface area contributed by atoms with Gasteiger partial charge in [-0.3, -0.25) is 4.79 Å². The molecule has 0 aromatic heterocycles. The molecule has 3 nitrogen and oxygen atoms in total. The van der Waals surface area contributed by atoms with Crippen LogP contribution < -0.4 is 9.47 Å². The Morgan fingerprint density at radius 2 is 1.66 bits per heavy atom. The Bertz CT molecular complexity index is 594. The molecule has 0 radical (unpaired) electrons. The maximum absolute atomic E-state index is 14.2. The van der Waals surface area contributed by atoms with E-state index in [0.717, 1.165) is 25.2 Å². The van der Waals surface area contributed by atoms with E-state index in [1.54, 1.807) is 12.1 Å². The fourth-order valence-corrected chi connectivity index (χ4v) is 4.27. The van der Waals surface area contributed by atoms with E-state index in [0.29, 0.717) is 18.9 Å². The van der Waals surface area contributed by atoms with Crippen molar-refractivity contribution in [3.63, 3.8) is 0 Å². The van der Waals surface area contributed by atoms with Crippen molar-refractivity contribution in [2.75, 3.05) is 6.61 Å². The number of rotatable bonds is 13. The highest BCUT2D eigenvalue weighted by Gasteiger charge is 2.21. The van der Waals surface area contributed by atoms with Gasteiger partial charge in [-0.15, -0.1) is 0 Å². The third-order valence-electron chi connectivity index (χ3n) is 6.06. The van der Waals surface area contributed by atoms with Crippen molar-refractivity contribution in [2.45, 2.75) is 97.3 Å². The molecule has 0 spiro atoms. The first kappa shape index (κ1) is 23.7. The highest BCUT2D eigenvalue weighted by Crippen LogP contribution is 2.34. The van der Waals surface area contributed by atoms with E-state index >= 15 is 0 Å². The van der Waals surface area contributed by atoms with Gasteiger partial charge in [0.15, 0.2) is 11.6 Å². The van der Waals surface area contributed by atoms with Crippen molar-refractivity contribution >= 4 is 5.97 Å². The molecular weight excluding hydrogens is 367 g/mol. The summed E-state index contributed by atoms with van der Waals surface area (Å²) in [5.74, 6) is 1.24. The van der Waals surface area contributed by atoms with Gasteiger partial charge in [0.2, 0.25) is 0 Å². The van der Waals surface area contributed by atoms with Crippen LogP contribution in [-0.2, 0) is 4.79 Å². The van der Waals surface area contributed by atoms with Crippen LogP contribution in [0.15, 0.2) is 18.2 Å². The molecule has 1 aromatic carbocycles. The van der Waals surface area contributed by atoms with E-state index < -0.39 is 5.82 Å². The molecule has 0 aliphatic heterocycles. The van der Waals surface area contributed by atoms with Crippen molar-refractivity contribution < 1.29 is 18.7 Å². The van der Waals surface area contributed by atoms with Gasteiger partial charge in [-0.05, 0) is 36.8 Å². The lowest BCUT2D eigenvalue weighted by Gasteiger charge is -2.28. The van der Waals surface area contributed by atoms with Gasteiger partial charge in [0.05, 0.1) is 6.61 Å². The second-order valence-corrected chi connectivity index (χ2v) is 8.54. The van der Waals surface area contributed by atoms with E-state index in [2.05, 4.69) is 13.8 Å². The zero-order valence-corrected chi connectivity index (χ0v) is 18.4. The third kappa shape index (κ3) is 9.18. The number of unbranched alkanes of at least 4 members (excludes halogenated alkanes) is 4. The Labute approximate surface area is 176 Å². The van der Waals surface area contributed by atoms with Crippen LogP contribution in [0.4, 0.5) is 4.39 Å². The normalized spacial score (nSPS) is 19.1. The molecule has 4 heteroatoms. The van der Waals surface area contributed by atoms with Crippen LogP contribution in [0.2, 0.25) is 0 Å². The Kier molecular flexibility index (Phi) is 11.1. The monoisotopic (exact) mass is 406 g/mol. The molecule has 29 heavy (non-hydrogen) atoms. The number of carbonyl (C=O) groups is 1. The molecule has 164 valence electrons. The van der Waals surface area contributed by atoms with Crippen LogP contribution >= 0.6 is 0 Å². The van der Waals surface area contributed by atoms with Crippen LogP contribution in [0.3, 0.4) is 0 Å². The summed E-state index contributed by atoms with van der Waals surface area (Å²) in [4.78, 5) is 12.1. The van der Waals surface area contributed by atoms with Crippen molar-refractivity contribution in [1.82, 2.24) is 0 Å². The highest BCUT2D eigenvalue weighted by molar-refractivity contribution is 5.72. The standard InChI is InChI=1S/C25H39FO3/c1-3-5-6-7-8-18-28-24-16-15-22(19-23(24)26)29-25(27)17-14-21-12-10-20(9-4-2)11-13-21/h15-16,19-21H,3-14,17-18H2,1-2H3. The second kappa shape index (κ2) is 13.6. The predicted molar refractivity (Wildman–Crippen MR) is 116 cm³/mol. The molecule has 0 atom stereocenters. The molecule has 0 unspecified atom stereocenters. The van der Waals surface area contributed by atoms with E-state index in [9.17, 15) is 9.18 Å². The minimum absolute atomic E-state index is 0.226. The van der Waals surface area contributed by atoms with Gasteiger partial charge < -0.3 is 9.47 Å². The summed E-state index contributed by atoms with van der Waals surface area (Å²) < 4.78 is 25.0. The number of hydrogen-bond acceptors (Lipinski definition) is 3. The quantitative estimate of drug-likeness (QED) is 0.194. The van der Waals surface area contributed by atoms with Crippen molar-refractivity contribution in [1.29, 1.82) is 0 Å². The molecule has 0 amide bonds. The first-order valence-electron chi connectivity index (χ1n) is 11.7. The van der Waals surface area contributed by atoms with Crippen LogP contribution in [0.5, 0.6) is 11.5 Å². The second-order valence-electron chi connectivity index (χ2n) is 8.54. The Hall–Kier alpha value is -1.58. The average Bonchev–Trinajstić information content (AvgIpc) is 2.72. The van der Waals surface area contributed by atoms with Crippen LogP contribution in [0, 0.1) is 17.7 Å². The largest absolute Gasteiger partial charge is 0.491 e. The summed E-state index contributed by atoms with van der Waals surface area (Å²) in [6.07, 6.45) is 14.6. The van der Waals surface area contributed by atoms with Crippen LogP contribution in [0.1, 0.15) is 97.3 Å². The lowest BCUT2D eigenvalue weighted by molar-refractivity contribution is -0.134. The number of ether oxygens (including phenoxy) is 2. The molecule has 0 N–H and O–H groups in total. The topological polar surface area (TPSA) is 35.5 Å². The zero-order chi connectivity index (χ0) is 20.9. The van der Waals surface area contributed by atoms with E-state index in [1.165, 1.54) is 63.9 Å².